The molecule has 0 spiro atoms. The van der Waals surface area contributed by atoms with E-state index < -0.39 is 8.07 Å². The molecule has 0 saturated carbocycles. The second-order valence-corrected chi connectivity index (χ2v) is 15.5. The number of benzene rings is 2. The van der Waals surface area contributed by atoms with Crippen LogP contribution in [-0.2, 0) is 0 Å². The number of nitrogens with zero attached hydrogens (tertiary/aromatic N) is 1. The first kappa shape index (κ1) is 25.5. The van der Waals surface area contributed by atoms with Crippen LogP contribution in [0, 0.1) is 0 Å². The molecule has 0 N–H and O–H groups in total. The van der Waals surface area contributed by atoms with Crippen LogP contribution in [-0.4, -0.2) is 26.3 Å². The molecule has 0 aliphatic carbocycles. The number of pyridine rings is 1. The van der Waals surface area contributed by atoms with E-state index in [1.165, 1.54) is 61.4 Å². The summed E-state index contributed by atoms with van der Waals surface area (Å²) in [4.78, 5) is 4.72. The van der Waals surface area contributed by atoms with E-state index >= 15 is 0 Å². The van der Waals surface area contributed by atoms with Gasteiger partial charge >= 0.3 is 0 Å². The molecule has 0 radical (unpaired) electrons. The van der Waals surface area contributed by atoms with Crippen molar-refractivity contribution in [3.8, 4) is 11.6 Å². The molecule has 0 atom stereocenters. The Bertz CT molecular complexity index is 1000. The van der Waals surface area contributed by atoms with Crippen LogP contribution in [0.2, 0.25) is 25.2 Å². The maximum absolute atomic E-state index is 6.09. The van der Waals surface area contributed by atoms with Gasteiger partial charge in [0.25, 0.3) is 0 Å². The third-order valence-corrected chi connectivity index (χ3v) is 10.0. The molecule has 0 aliphatic heterocycles. The molecule has 3 rings (SSSR count). The summed E-state index contributed by atoms with van der Waals surface area (Å²) >= 11 is 0. The third kappa shape index (κ3) is 8.03. The fourth-order valence-corrected chi connectivity index (χ4v) is 7.22. The minimum atomic E-state index is -1.00. The van der Waals surface area contributed by atoms with Crippen molar-refractivity contribution >= 4 is 29.7 Å². The molecule has 3 aromatic rings. The summed E-state index contributed by atoms with van der Waals surface area (Å²) < 4.78 is 12.0. The highest BCUT2D eigenvalue weighted by Crippen LogP contribution is 2.29. The molecular formula is C29H43NO2Si. The van der Waals surface area contributed by atoms with Gasteiger partial charge in [-0.05, 0) is 47.9 Å². The highest BCUT2D eigenvalue weighted by molar-refractivity contribution is 6.77. The summed E-state index contributed by atoms with van der Waals surface area (Å²) in [6, 6.07) is 17.7. The fourth-order valence-electron chi connectivity index (χ4n) is 4.46. The van der Waals surface area contributed by atoms with Crippen LogP contribution < -0.4 is 9.47 Å². The molecule has 0 unspecified atom stereocenters. The topological polar surface area (TPSA) is 31.4 Å². The summed E-state index contributed by atoms with van der Waals surface area (Å²) in [5.74, 6) is 1.68. The molecule has 33 heavy (non-hydrogen) atoms. The lowest BCUT2D eigenvalue weighted by atomic mass is 10.0. The van der Waals surface area contributed by atoms with Crippen LogP contribution in [0.3, 0.4) is 0 Å². The largest absolute Gasteiger partial charge is 0.494 e. The van der Waals surface area contributed by atoms with Crippen LogP contribution in [0.5, 0.6) is 11.6 Å². The van der Waals surface area contributed by atoms with Gasteiger partial charge in [-0.2, -0.15) is 0 Å². The van der Waals surface area contributed by atoms with Crippen LogP contribution in [0.1, 0.15) is 65.2 Å². The van der Waals surface area contributed by atoms with Crippen molar-refractivity contribution in [3.05, 3.63) is 42.5 Å². The monoisotopic (exact) mass is 465 g/mol. The van der Waals surface area contributed by atoms with Crippen LogP contribution in [0.25, 0.3) is 21.7 Å². The van der Waals surface area contributed by atoms with Crippen LogP contribution in [0.4, 0.5) is 0 Å². The van der Waals surface area contributed by atoms with E-state index in [2.05, 4.69) is 63.3 Å². The maximum Gasteiger partial charge on any atom is 0.213 e. The van der Waals surface area contributed by atoms with Crippen molar-refractivity contribution in [2.24, 2.45) is 0 Å². The quantitative estimate of drug-likeness (QED) is 0.127. The Hall–Kier alpha value is -2.07. The van der Waals surface area contributed by atoms with Crippen molar-refractivity contribution in [2.75, 3.05) is 13.2 Å². The van der Waals surface area contributed by atoms with Crippen molar-refractivity contribution in [3.63, 3.8) is 0 Å². The fraction of sp³-hybridized carbons (Fsp3) is 0.552. The zero-order valence-electron chi connectivity index (χ0n) is 21.3. The molecule has 0 saturated heterocycles. The highest BCUT2D eigenvalue weighted by Gasteiger charge is 2.18. The number of rotatable bonds is 15. The van der Waals surface area contributed by atoms with Gasteiger partial charge in [0.1, 0.15) is 5.75 Å². The Morgan fingerprint density at radius 3 is 2.24 bits per heavy atom. The lowest BCUT2D eigenvalue weighted by molar-refractivity contribution is 0.295. The molecule has 0 bridgehead atoms. The molecule has 3 nitrogen and oxygen atoms in total. The number of hydrogen-bond acceptors (Lipinski definition) is 3. The summed E-state index contributed by atoms with van der Waals surface area (Å²) in [5.41, 5.74) is 0.983. The van der Waals surface area contributed by atoms with E-state index in [4.69, 9.17) is 14.5 Å². The highest BCUT2D eigenvalue weighted by atomic mass is 28.3. The van der Waals surface area contributed by atoms with Crippen molar-refractivity contribution < 1.29 is 9.47 Å². The standard InChI is InChI=1S/C29H43NO2Si/c1-5-7-9-10-20-32-29-18-16-27-26-15-14-25(23-24(26)13-17-28(27)30-29)31-19-11-12-22-33(3,4)21-8-6-2/h13-18,23H,5-12,19-22H2,1-4H3. The Morgan fingerprint density at radius 2 is 1.42 bits per heavy atom. The first-order valence-corrected chi connectivity index (χ1v) is 16.5. The molecule has 0 amide bonds. The van der Waals surface area contributed by atoms with Gasteiger partial charge in [0.2, 0.25) is 5.88 Å². The number of fused-ring (bicyclic) bond motifs is 3. The zero-order valence-corrected chi connectivity index (χ0v) is 22.3. The van der Waals surface area contributed by atoms with Crippen LogP contribution >= 0.6 is 0 Å². The number of aromatic nitrogens is 1. The number of ether oxygens (including phenoxy) is 2. The molecule has 2 aromatic carbocycles. The molecule has 0 fully saturated rings. The minimum absolute atomic E-state index is 0.722. The van der Waals surface area contributed by atoms with Crippen molar-refractivity contribution in [1.82, 2.24) is 4.98 Å². The Kier molecular flexibility index (Phi) is 10.0. The summed E-state index contributed by atoms with van der Waals surface area (Å²) in [6.45, 7) is 11.1. The predicted molar refractivity (Wildman–Crippen MR) is 146 cm³/mol. The van der Waals surface area contributed by atoms with Gasteiger partial charge in [-0.1, -0.05) is 89.7 Å². The Labute approximate surface area is 201 Å². The van der Waals surface area contributed by atoms with E-state index in [1.54, 1.807) is 0 Å². The zero-order chi connectivity index (χ0) is 23.5. The van der Waals surface area contributed by atoms with E-state index in [-0.39, 0.29) is 0 Å². The third-order valence-electron chi connectivity index (χ3n) is 6.60. The molecule has 180 valence electrons. The predicted octanol–water partition coefficient (Wildman–Crippen LogP) is 9.01. The first-order chi connectivity index (χ1) is 16.0. The van der Waals surface area contributed by atoms with Crippen molar-refractivity contribution in [1.29, 1.82) is 0 Å². The molecule has 4 heteroatoms. The van der Waals surface area contributed by atoms with Crippen molar-refractivity contribution in [2.45, 2.75) is 90.4 Å². The van der Waals surface area contributed by atoms with Gasteiger partial charge in [0.15, 0.2) is 0 Å². The second-order valence-electron chi connectivity index (χ2n) is 10.1. The smallest absolute Gasteiger partial charge is 0.213 e. The van der Waals surface area contributed by atoms with E-state index in [9.17, 15) is 0 Å². The lowest BCUT2D eigenvalue weighted by Gasteiger charge is -2.21. The Morgan fingerprint density at radius 1 is 0.697 bits per heavy atom. The summed E-state index contributed by atoms with van der Waals surface area (Å²) in [7, 11) is -1.00. The van der Waals surface area contributed by atoms with Gasteiger partial charge in [-0.3, -0.25) is 0 Å². The maximum atomic E-state index is 6.09. The first-order valence-electron chi connectivity index (χ1n) is 13.1. The minimum Gasteiger partial charge on any atom is -0.494 e. The van der Waals surface area contributed by atoms with E-state index in [1.807, 2.05) is 6.07 Å². The normalized spacial score (nSPS) is 11.9. The van der Waals surface area contributed by atoms with E-state index in [0.29, 0.717) is 0 Å². The van der Waals surface area contributed by atoms with Gasteiger partial charge in [0.05, 0.1) is 18.7 Å². The molecule has 1 aromatic heterocycles. The Balaban J connectivity index is 1.54. The van der Waals surface area contributed by atoms with Crippen LogP contribution in [0.15, 0.2) is 42.5 Å². The lowest BCUT2D eigenvalue weighted by Crippen LogP contribution is -2.24. The average molecular weight is 466 g/mol. The molecule has 1 heterocycles. The van der Waals surface area contributed by atoms with Gasteiger partial charge in [-0.15, -0.1) is 0 Å². The molecular weight excluding hydrogens is 422 g/mol. The summed E-state index contributed by atoms with van der Waals surface area (Å²) in [5, 5.41) is 3.57. The van der Waals surface area contributed by atoms with Gasteiger partial charge in [-0.25, -0.2) is 4.98 Å². The number of unbranched alkanes of at least 4 members (excludes halogenated alkanes) is 5. The SMILES string of the molecule is CCCCCCOc1ccc2c(ccc3cc(OCCCC[Si](C)(C)CCCC)ccc32)n1. The number of hydrogen-bond donors (Lipinski definition) is 0. The van der Waals surface area contributed by atoms with Gasteiger partial charge < -0.3 is 9.47 Å². The summed E-state index contributed by atoms with van der Waals surface area (Å²) in [6.07, 6.45) is 9.97. The molecule has 0 aliphatic rings. The average Bonchev–Trinajstić information content (AvgIpc) is 2.82. The van der Waals surface area contributed by atoms with Gasteiger partial charge in [0, 0.05) is 19.5 Å². The second kappa shape index (κ2) is 13.0. The van der Waals surface area contributed by atoms with E-state index in [0.717, 1.165) is 48.6 Å².